The summed E-state index contributed by atoms with van der Waals surface area (Å²) in [7, 11) is 1.37. The third-order valence-corrected chi connectivity index (χ3v) is 3.58. The lowest BCUT2D eigenvalue weighted by Gasteiger charge is -2.32. The molecule has 2 nitrogen and oxygen atoms in total. The van der Waals surface area contributed by atoms with Gasteiger partial charge in [0.05, 0.1) is 12.7 Å². The van der Waals surface area contributed by atoms with E-state index in [9.17, 15) is 13.2 Å². The minimum absolute atomic E-state index is 0.226. The minimum atomic E-state index is -4.35. The molecule has 2 rings (SSSR count). The molecule has 1 atom stereocenters. The standard InChI is InChI=1S/C13H16F3NO/c1-18-11-7-9(13(14,15)16)5-6-10(11)12(17)8-3-2-4-8/h5-8,12H,2-4,17H2,1H3/t12-/m0/s1. The molecular weight excluding hydrogens is 243 g/mol. The summed E-state index contributed by atoms with van der Waals surface area (Å²) in [5.74, 6) is 0.583. The SMILES string of the molecule is COc1cc(C(F)(F)F)ccc1[C@@H](N)C1CCC1. The Bertz CT molecular complexity index is 427. The predicted octanol–water partition coefficient (Wildman–Crippen LogP) is 3.51. The van der Waals surface area contributed by atoms with E-state index < -0.39 is 11.7 Å². The zero-order valence-corrected chi connectivity index (χ0v) is 10.1. The lowest BCUT2D eigenvalue weighted by Crippen LogP contribution is -2.27. The van der Waals surface area contributed by atoms with Crippen molar-refractivity contribution in [1.29, 1.82) is 0 Å². The van der Waals surface area contributed by atoms with Gasteiger partial charge >= 0.3 is 6.18 Å². The Balaban J connectivity index is 2.30. The van der Waals surface area contributed by atoms with Crippen LogP contribution in [0.4, 0.5) is 13.2 Å². The molecule has 5 heteroatoms. The summed E-state index contributed by atoms with van der Waals surface area (Å²) in [6.45, 7) is 0. The van der Waals surface area contributed by atoms with E-state index in [2.05, 4.69) is 0 Å². The van der Waals surface area contributed by atoms with Gasteiger partial charge < -0.3 is 10.5 Å². The third kappa shape index (κ3) is 2.46. The van der Waals surface area contributed by atoms with Gasteiger partial charge in [-0.1, -0.05) is 12.5 Å². The zero-order valence-electron chi connectivity index (χ0n) is 10.1. The number of alkyl halides is 3. The molecule has 0 amide bonds. The second-order valence-corrected chi connectivity index (χ2v) is 4.67. The van der Waals surface area contributed by atoms with Gasteiger partial charge in [-0.3, -0.25) is 0 Å². The second kappa shape index (κ2) is 4.80. The van der Waals surface area contributed by atoms with E-state index in [0.29, 0.717) is 11.5 Å². The Labute approximate surface area is 104 Å². The van der Waals surface area contributed by atoms with E-state index in [0.717, 1.165) is 31.4 Å². The summed E-state index contributed by atoms with van der Waals surface area (Å²) in [5, 5.41) is 0. The molecule has 100 valence electrons. The van der Waals surface area contributed by atoms with Crippen LogP contribution in [0.2, 0.25) is 0 Å². The van der Waals surface area contributed by atoms with Gasteiger partial charge in [-0.2, -0.15) is 13.2 Å². The fraction of sp³-hybridized carbons (Fsp3) is 0.538. The first kappa shape index (κ1) is 13.2. The molecule has 0 aromatic heterocycles. The van der Waals surface area contributed by atoms with Crippen LogP contribution in [0.5, 0.6) is 5.75 Å². The van der Waals surface area contributed by atoms with Gasteiger partial charge in [-0.15, -0.1) is 0 Å². The van der Waals surface area contributed by atoms with Gasteiger partial charge in [-0.05, 0) is 30.9 Å². The summed E-state index contributed by atoms with van der Waals surface area (Å²) < 4.78 is 42.8. The van der Waals surface area contributed by atoms with Crippen molar-refractivity contribution in [3.63, 3.8) is 0 Å². The first-order chi connectivity index (χ1) is 8.43. The number of benzene rings is 1. The molecule has 0 unspecified atom stereocenters. The maximum atomic E-state index is 12.6. The Morgan fingerprint density at radius 3 is 2.44 bits per heavy atom. The maximum absolute atomic E-state index is 12.6. The summed E-state index contributed by atoms with van der Waals surface area (Å²) in [5.41, 5.74) is 6.03. The zero-order chi connectivity index (χ0) is 13.3. The molecule has 1 fully saturated rings. The Morgan fingerprint density at radius 2 is 2.00 bits per heavy atom. The molecular formula is C13H16F3NO. The molecule has 0 saturated heterocycles. The predicted molar refractivity (Wildman–Crippen MR) is 62.3 cm³/mol. The number of hydrogen-bond acceptors (Lipinski definition) is 2. The van der Waals surface area contributed by atoms with Gasteiger partial charge in [-0.25, -0.2) is 0 Å². The molecule has 0 aliphatic heterocycles. The first-order valence-electron chi connectivity index (χ1n) is 5.94. The maximum Gasteiger partial charge on any atom is 0.416 e. The van der Waals surface area contributed by atoms with E-state index in [1.807, 2.05) is 0 Å². The van der Waals surface area contributed by atoms with Gasteiger partial charge in [0, 0.05) is 11.6 Å². The molecule has 18 heavy (non-hydrogen) atoms. The van der Waals surface area contributed by atoms with E-state index in [4.69, 9.17) is 10.5 Å². The highest BCUT2D eigenvalue weighted by molar-refractivity contribution is 5.41. The number of hydrogen-bond donors (Lipinski definition) is 1. The molecule has 1 aromatic carbocycles. The van der Waals surface area contributed by atoms with Crippen molar-refractivity contribution in [2.45, 2.75) is 31.5 Å². The molecule has 0 radical (unpaired) electrons. The van der Waals surface area contributed by atoms with Gasteiger partial charge in [0.15, 0.2) is 0 Å². The van der Waals surface area contributed by atoms with Crippen molar-refractivity contribution in [2.75, 3.05) is 7.11 Å². The molecule has 1 aliphatic carbocycles. The van der Waals surface area contributed by atoms with Gasteiger partial charge in [0.1, 0.15) is 5.75 Å². The van der Waals surface area contributed by atoms with Crippen LogP contribution in [-0.4, -0.2) is 7.11 Å². The minimum Gasteiger partial charge on any atom is -0.496 e. The fourth-order valence-electron chi connectivity index (χ4n) is 2.22. The number of nitrogens with two attached hydrogens (primary N) is 1. The van der Waals surface area contributed by atoms with Gasteiger partial charge in [0.25, 0.3) is 0 Å². The molecule has 0 spiro atoms. The average molecular weight is 259 g/mol. The topological polar surface area (TPSA) is 35.2 Å². The normalized spacial score (nSPS) is 18.3. The van der Waals surface area contributed by atoms with Crippen molar-refractivity contribution in [3.8, 4) is 5.75 Å². The van der Waals surface area contributed by atoms with Crippen LogP contribution in [0.25, 0.3) is 0 Å². The van der Waals surface area contributed by atoms with Crippen LogP contribution in [-0.2, 0) is 6.18 Å². The summed E-state index contributed by atoms with van der Waals surface area (Å²) in [4.78, 5) is 0. The quantitative estimate of drug-likeness (QED) is 0.901. The second-order valence-electron chi connectivity index (χ2n) is 4.67. The van der Waals surface area contributed by atoms with Crippen LogP contribution < -0.4 is 10.5 Å². The van der Waals surface area contributed by atoms with E-state index in [-0.39, 0.29) is 11.8 Å². The van der Waals surface area contributed by atoms with Crippen molar-refractivity contribution < 1.29 is 17.9 Å². The monoisotopic (exact) mass is 259 g/mol. The lowest BCUT2D eigenvalue weighted by atomic mass is 9.77. The highest BCUT2D eigenvalue weighted by atomic mass is 19.4. The summed E-state index contributed by atoms with van der Waals surface area (Å²) in [6.07, 6.45) is -1.15. The molecule has 2 N–H and O–H groups in total. The van der Waals surface area contributed by atoms with Crippen LogP contribution in [0, 0.1) is 5.92 Å². The Hall–Kier alpha value is -1.23. The van der Waals surface area contributed by atoms with Crippen molar-refractivity contribution >= 4 is 0 Å². The lowest BCUT2D eigenvalue weighted by molar-refractivity contribution is -0.137. The highest BCUT2D eigenvalue weighted by Gasteiger charge is 2.33. The van der Waals surface area contributed by atoms with E-state index in [1.54, 1.807) is 0 Å². The molecule has 1 aromatic rings. The number of rotatable bonds is 3. The first-order valence-corrected chi connectivity index (χ1v) is 5.94. The molecule has 1 saturated carbocycles. The van der Waals surface area contributed by atoms with Crippen molar-refractivity contribution in [3.05, 3.63) is 29.3 Å². The number of methoxy groups -OCH3 is 1. The van der Waals surface area contributed by atoms with Crippen LogP contribution in [0.15, 0.2) is 18.2 Å². The van der Waals surface area contributed by atoms with E-state index in [1.165, 1.54) is 13.2 Å². The fourth-order valence-corrected chi connectivity index (χ4v) is 2.22. The van der Waals surface area contributed by atoms with Crippen molar-refractivity contribution in [1.82, 2.24) is 0 Å². The smallest absolute Gasteiger partial charge is 0.416 e. The average Bonchev–Trinajstić information content (AvgIpc) is 2.24. The van der Waals surface area contributed by atoms with Crippen LogP contribution in [0.3, 0.4) is 0 Å². The largest absolute Gasteiger partial charge is 0.496 e. The van der Waals surface area contributed by atoms with E-state index >= 15 is 0 Å². The Morgan fingerprint density at radius 1 is 1.33 bits per heavy atom. The molecule has 0 bridgehead atoms. The molecule has 0 heterocycles. The van der Waals surface area contributed by atoms with Crippen molar-refractivity contribution in [2.24, 2.45) is 11.7 Å². The summed E-state index contributed by atoms with van der Waals surface area (Å²) in [6, 6.07) is 3.28. The number of halogens is 3. The Kier molecular flexibility index (Phi) is 3.52. The third-order valence-electron chi connectivity index (χ3n) is 3.58. The van der Waals surface area contributed by atoms with Crippen LogP contribution in [0.1, 0.15) is 36.4 Å². The summed E-state index contributed by atoms with van der Waals surface area (Å²) >= 11 is 0. The van der Waals surface area contributed by atoms with Crippen LogP contribution >= 0.6 is 0 Å². The number of ether oxygens (including phenoxy) is 1. The highest BCUT2D eigenvalue weighted by Crippen LogP contribution is 2.41. The molecule has 1 aliphatic rings. The van der Waals surface area contributed by atoms with Gasteiger partial charge in [0.2, 0.25) is 0 Å².